The Morgan fingerprint density at radius 2 is 2.43 bits per heavy atom. The van der Waals surface area contributed by atoms with Crippen LogP contribution in [0, 0.1) is 0 Å². The van der Waals surface area contributed by atoms with E-state index in [1.165, 1.54) is 7.11 Å². The number of hydrogen-bond donors (Lipinski definition) is 0. The Morgan fingerprint density at radius 3 is 3.07 bits per heavy atom. The maximum Gasteiger partial charge on any atom is 0.331 e. The van der Waals surface area contributed by atoms with E-state index in [4.69, 9.17) is 4.74 Å². The van der Waals surface area contributed by atoms with E-state index in [9.17, 15) is 4.79 Å². The van der Waals surface area contributed by atoms with Gasteiger partial charge in [-0.05, 0) is 18.1 Å². The minimum atomic E-state index is -0.351. The molecule has 1 aromatic rings. The Hall–Kier alpha value is -1.42. The minimum absolute atomic E-state index is 0.0107. The zero-order valence-corrected chi connectivity index (χ0v) is 8.10. The van der Waals surface area contributed by atoms with Crippen LogP contribution in [0.4, 0.5) is 0 Å². The van der Waals surface area contributed by atoms with Gasteiger partial charge < -0.3 is 9.47 Å². The summed E-state index contributed by atoms with van der Waals surface area (Å²) in [5.41, 5.74) is 1.09. The van der Waals surface area contributed by atoms with Gasteiger partial charge >= 0.3 is 5.97 Å². The largest absolute Gasteiger partial charge is 0.467 e. The van der Waals surface area contributed by atoms with Crippen molar-refractivity contribution in [2.24, 2.45) is 0 Å². The fourth-order valence-corrected chi connectivity index (χ4v) is 0.950. The molecule has 0 bridgehead atoms. The third kappa shape index (κ3) is 4.00. The van der Waals surface area contributed by atoms with Crippen LogP contribution >= 0.6 is 0 Å². The number of esters is 1. The van der Waals surface area contributed by atoms with Crippen molar-refractivity contribution in [2.75, 3.05) is 20.3 Å². The summed E-state index contributed by atoms with van der Waals surface area (Å²) in [7, 11) is 1.34. The van der Waals surface area contributed by atoms with Gasteiger partial charge in [0.05, 0.1) is 13.7 Å². The smallest absolute Gasteiger partial charge is 0.331 e. The van der Waals surface area contributed by atoms with Crippen LogP contribution in [0.2, 0.25) is 0 Å². The molecule has 0 aliphatic heterocycles. The van der Waals surface area contributed by atoms with Gasteiger partial charge in [0.15, 0.2) is 0 Å². The van der Waals surface area contributed by atoms with Crippen LogP contribution in [0.3, 0.4) is 0 Å². The first-order chi connectivity index (χ1) is 6.83. The minimum Gasteiger partial charge on any atom is -0.467 e. The fourth-order valence-electron chi connectivity index (χ4n) is 0.950. The predicted octanol–water partition coefficient (Wildman–Crippen LogP) is 0.814. The number of carbonyl (C=O) groups excluding carboxylic acids is 1. The monoisotopic (exact) mass is 195 g/mol. The third-order valence-electron chi connectivity index (χ3n) is 1.71. The zero-order chi connectivity index (χ0) is 10.2. The van der Waals surface area contributed by atoms with E-state index in [2.05, 4.69) is 9.72 Å². The lowest BCUT2D eigenvalue weighted by Crippen LogP contribution is -2.11. The van der Waals surface area contributed by atoms with Crippen molar-refractivity contribution < 1.29 is 14.3 Å². The van der Waals surface area contributed by atoms with E-state index in [1.54, 1.807) is 12.4 Å². The normalized spacial score (nSPS) is 9.79. The van der Waals surface area contributed by atoms with Crippen LogP contribution in [0.5, 0.6) is 0 Å². The van der Waals surface area contributed by atoms with Gasteiger partial charge in [0.1, 0.15) is 6.61 Å². The van der Waals surface area contributed by atoms with Gasteiger partial charge in [-0.1, -0.05) is 6.07 Å². The predicted molar refractivity (Wildman–Crippen MR) is 50.8 cm³/mol. The first-order valence-electron chi connectivity index (χ1n) is 4.36. The summed E-state index contributed by atoms with van der Waals surface area (Å²) in [6.45, 7) is 0.511. The maximum atomic E-state index is 10.7. The standard InChI is InChI=1S/C10H13NO3/c1-13-10(12)8-14-6-4-9-3-2-5-11-7-9/h2-3,5,7H,4,6,8H2,1H3. The molecule has 1 aromatic heterocycles. The summed E-state index contributed by atoms with van der Waals surface area (Å²) in [6.07, 6.45) is 4.26. The number of ether oxygens (including phenoxy) is 2. The van der Waals surface area contributed by atoms with Gasteiger partial charge in [-0.3, -0.25) is 4.98 Å². The Balaban J connectivity index is 2.13. The average Bonchev–Trinajstić information content (AvgIpc) is 2.25. The second-order valence-electron chi connectivity index (χ2n) is 2.74. The number of nitrogens with zero attached hydrogens (tertiary/aromatic N) is 1. The highest BCUT2D eigenvalue weighted by Crippen LogP contribution is 1.96. The van der Waals surface area contributed by atoms with E-state index in [0.717, 1.165) is 12.0 Å². The summed E-state index contributed by atoms with van der Waals surface area (Å²) >= 11 is 0. The highest BCUT2D eigenvalue weighted by molar-refractivity contribution is 5.70. The van der Waals surface area contributed by atoms with Crippen molar-refractivity contribution in [3.63, 3.8) is 0 Å². The molecule has 0 radical (unpaired) electrons. The Morgan fingerprint density at radius 1 is 1.57 bits per heavy atom. The Kier molecular flexibility index (Phi) is 4.64. The average molecular weight is 195 g/mol. The first-order valence-corrected chi connectivity index (χ1v) is 4.36. The molecule has 1 heterocycles. The van der Waals surface area contributed by atoms with E-state index >= 15 is 0 Å². The molecular weight excluding hydrogens is 182 g/mol. The van der Waals surface area contributed by atoms with Crippen LogP contribution in [0.25, 0.3) is 0 Å². The van der Waals surface area contributed by atoms with Crippen molar-refractivity contribution in [3.05, 3.63) is 30.1 Å². The fraction of sp³-hybridized carbons (Fsp3) is 0.400. The van der Waals surface area contributed by atoms with Crippen LogP contribution in [-0.2, 0) is 20.7 Å². The molecule has 0 aliphatic rings. The topological polar surface area (TPSA) is 48.4 Å². The molecule has 0 amide bonds. The molecule has 14 heavy (non-hydrogen) atoms. The third-order valence-corrected chi connectivity index (χ3v) is 1.71. The molecule has 4 nitrogen and oxygen atoms in total. The number of carbonyl (C=O) groups is 1. The van der Waals surface area contributed by atoms with Crippen LogP contribution in [-0.4, -0.2) is 31.3 Å². The maximum absolute atomic E-state index is 10.7. The van der Waals surface area contributed by atoms with E-state index in [0.29, 0.717) is 6.61 Å². The number of rotatable bonds is 5. The summed E-state index contributed by atoms with van der Waals surface area (Å²) in [5.74, 6) is -0.351. The molecule has 0 atom stereocenters. The molecule has 1 rings (SSSR count). The second kappa shape index (κ2) is 6.10. The molecule has 0 aromatic carbocycles. The van der Waals surface area contributed by atoms with Crippen LogP contribution in [0.15, 0.2) is 24.5 Å². The Labute approximate surface area is 82.9 Å². The Bertz CT molecular complexity index is 274. The highest BCUT2D eigenvalue weighted by atomic mass is 16.6. The van der Waals surface area contributed by atoms with Crippen molar-refractivity contribution in [1.29, 1.82) is 0 Å². The van der Waals surface area contributed by atoms with Gasteiger partial charge in [0.25, 0.3) is 0 Å². The lowest BCUT2D eigenvalue weighted by Gasteiger charge is -2.02. The molecule has 0 fully saturated rings. The van der Waals surface area contributed by atoms with E-state index in [1.807, 2.05) is 12.1 Å². The first kappa shape index (κ1) is 10.7. The molecule has 0 N–H and O–H groups in total. The van der Waals surface area contributed by atoms with Crippen molar-refractivity contribution in [3.8, 4) is 0 Å². The summed E-state index contributed by atoms with van der Waals surface area (Å²) in [5, 5.41) is 0. The summed E-state index contributed by atoms with van der Waals surface area (Å²) in [4.78, 5) is 14.6. The molecule has 76 valence electrons. The molecule has 0 aliphatic carbocycles. The van der Waals surface area contributed by atoms with Crippen molar-refractivity contribution in [1.82, 2.24) is 4.98 Å². The summed E-state index contributed by atoms with van der Waals surface area (Å²) in [6, 6.07) is 3.84. The molecule has 0 unspecified atom stereocenters. The van der Waals surface area contributed by atoms with Crippen LogP contribution in [0.1, 0.15) is 5.56 Å². The van der Waals surface area contributed by atoms with Gasteiger partial charge in [-0.25, -0.2) is 4.79 Å². The van der Waals surface area contributed by atoms with Gasteiger partial charge in [-0.15, -0.1) is 0 Å². The van der Waals surface area contributed by atoms with Gasteiger partial charge in [-0.2, -0.15) is 0 Å². The van der Waals surface area contributed by atoms with E-state index < -0.39 is 0 Å². The van der Waals surface area contributed by atoms with Crippen molar-refractivity contribution >= 4 is 5.97 Å². The summed E-state index contributed by atoms with van der Waals surface area (Å²) < 4.78 is 9.51. The lowest BCUT2D eigenvalue weighted by molar-refractivity contribution is -0.145. The lowest BCUT2D eigenvalue weighted by atomic mass is 10.2. The highest BCUT2D eigenvalue weighted by Gasteiger charge is 1.99. The van der Waals surface area contributed by atoms with Gasteiger partial charge in [0, 0.05) is 12.4 Å². The van der Waals surface area contributed by atoms with Crippen molar-refractivity contribution in [2.45, 2.75) is 6.42 Å². The number of hydrogen-bond acceptors (Lipinski definition) is 4. The number of aromatic nitrogens is 1. The molecule has 0 saturated carbocycles. The molecular formula is C10H13NO3. The zero-order valence-electron chi connectivity index (χ0n) is 8.10. The van der Waals surface area contributed by atoms with Gasteiger partial charge in [0.2, 0.25) is 0 Å². The SMILES string of the molecule is COC(=O)COCCc1cccnc1. The number of pyridine rings is 1. The molecule has 0 saturated heterocycles. The quantitative estimate of drug-likeness (QED) is 0.515. The number of methoxy groups -OCH3 is 1. The van der Waals surface area contributed by atoms with E-state index in [-0.39, 0.29) is 12.6 Å². The molecule has 4 heteroatoms. The second-order valence-corrected chi connectivity index (χ2v) is 2.74. The molecule has 0 spiro atoms. The van der Waals surface area contributed by atoms with Crippen LogP contribution < -0.4 is 0 Å².